The third kappa shape index (κ3) is 3.36. The summed E-state index contributed by atoms with van der Waals surface area (Å²) in [5.74, 6) is -0.299. The number of benzene rings is 1. The Labute approximate surface area is 88.7 Å². The number of hydrogen-bond donors (Lipinski definition) is 1. The molecule has 0 fully saturated rings. The number of hydrogen-bond acceptors (Lipinski definition) is 3. The van der Waals surface area contributed by atoms with E-state index in [4.69, 9.17) is 13.4 Å². The molecule has 0 aliphatic rings. The number of rotatable bonds is 1. The van der Waals surface area contributed by atoms with E-state index >= 15 is 0 Å². The maximum absolute atomic E-state index is 10.1. The number of halogens is 1. The topological polar surface area (TPSA) is 63.4 Å². The zero-order valence-electron chi connectivity index (χ0n) is 6.11. The van der Waals surface area contributed by atoms with Crippen LogP contribution in [0.15, 0.2) is 24.3 Å². The van der Waals surface area contributed by atoms with Crippen molar-refractivity contribution >= 4 is 13.9 Å². The predicted molar refractivity (Wildman–Crippen MR) is 40.6 cm³/mol. The van der Waals surface area contributed by atoms with E-state index in [2.05, 4.69) is 0 Å². The van der Waals surface area contributed by atoms with E-state index < -0.39 is 4.92 Å². The molecule has 1 aromatic carbocycles. The van der Waals surface area contributed by atoms with Crippen molar-refractivity contribution in [3.8, 4) is 5.75 Å². The van der Waals surface area contributed by atoms with Crippen LogP contribution in [0, 0.1) is 10.1 Å². The molecule has 12 heavy (non-hydrogen) atoms. The molecule has 0 spiro atoms. The average Bonchev–Trinajstić information content (AvgIpc) is 2.08. The van der Waals surface area contributed by atoms with Crippen LogP contribution in [0.2, 0.25) is 0 Å². The summed E-state index contributed by atoms with van der Waals surface area (Å²) >= 11 is 0.500. The number of phenolic OH excluding ortho intramolecular Hbond substituents is 1. The normalized spacial score (nSPS) is 8.25. The van der Waals surface area contributed by atoms with Crippen molar-refractivity contribution in [2.75, 3.05) is 0 Å². The van der Waals surface area contributed by atoms with Gasteiger partial charge in [-0.05, 0) is 6.07 Å². The summed E-state index contributed by atoms with van der Waals surface area (Å²) in [4.78, 5) is 9.44. The van der Waals surface area contributed by atoms with Gasteiger partial charge in [-0.25, -0.2) is 0 Å². The van der Waals surface area contributed by atoms with Gasteiger partial charge in [0.15, 0.2) is 5.75 Å². The first-order valence-electron chi connectivity index (χ1n) is 2.91. The minimum absolute atomic E-state index is 0.262. The molecule has 61 valence electrons. The van der Waals surface area contributed by atoms with E-state index in [9.17, 15) is 10.1 Å². The van der Waals surface area contributed by atoms with Gasteiger partial charge in [0, 0.05) is 6.07 Å². The Balaban J connectivity index is 0.000000561. The summed E-state index contributed by atoms with van der Waals surface area (Å²) in [5, 5.41) is 18.9. The van der Waals surface area contributed by atoms with Crippen LogP contribution >= 0.6 is 8.25 Å². The van der Waals surface area contributed by atoms with Gasteiger partial charge in [-0.2, -0.15) is 0 Å². The van der Waals surface area contributed by atoms with Gasteiger partial charge in [0.1, 0.15) is 0 Å². The van der Waals surface area contributed by atoms with Crippen molar-refractivity contribution < 1.29 is 34.9 Å². The van der Waals surface area contributed by atoms with Crippen molar-refractivity contribution in [2.45, 2.75) is 0 Å². The fourth-order valence-electron chi connectivity index (χ4n) is 0.619. The number of para-hydroxylation sites is 2. The molecule has 4 nitrogen and oxygen atoms in total. The van der Waals surface area contributed by atoms with Crippen LogP contribution < -0.4 is 0 Å². The van der Waals surface area contributed by atoms with Gasteiger partial charge in [0.05, 0.1) is 4.92 Å². The quantitative estimate of drug-likeness (QED) is 0.464. The number of phenols is 1. The van der Waals surface area contributed by atoms with Crippen molar-refractivity contribution in [1.82, 2.24) is 0 Å². The monoisotopic (exact) mass is 376 g/mol. The van der Waals surface area contributed by atoms with Crippen LogP contribution in [0.1, 0.15) is 0 Å². The van der Waals surface area contributed by atoms with E-state index in [1.54, 1.807) is 0 Å². The molecule has 0 aliphatic carbocycles. The van der Waals surface area contributed by atoms with Gasteiger partial charge in [-0.15, -0.1) is 0 Å². The molecule has 0 saturated heterocycles. The summed E-state index contributed by atoms with van der Waals surface area (Å²) in [6, 6.07) is 5.55. The third-order valence-electron chi connectivity index (χ3n) is 1.08. The first-order valence-corrected chi connectivity index (χ1v) is 9.68. The fraction of sp³-hybridized carbons (Fsp3) is 0. The standard InChI is InChI=1S/C6H5NO3.ClH.Hg/c8-6-4-2-1-3-5(6)7(9)10;;/h1-4,8H;1H;/q;;+1/p-1. The van der Waals surface area contributed by atoms with Gasteiger partial charge in [0.2, 0.25) is 0 Å². The van der Waals surface area contributed by atoms with Crippen LogP contribution in [0.25, 0.3) is 0 Å². The Hall–Kier alpha value is -0.355. The van der Waals surface area contributed by atoms with Crippen LogP contribution in [-0.2, 0) is 24.9 Å². The number of nitro benzene ring substituents is 1. The van der Waals surface area contributed by atoms with E-state index in [1.165, 1.54) is 24.3 Å². The Morgan fingerprint density at radius 1 is 1.42 bits per heavy atom. The SMILES string of the molecule is O=[N+]([O-])c1ccccc1O.[Cl][Hg]. The molecular formula is C6H5ClHgNO3. The molecule has 1 aromatic rings. The molecular weight excluding hydrogens is 370 g/mol. The zero-order valence-corrected chi connectivity index (χ0v) is 12.4. The molecule has 0 atom stereocenters. The van der Waals surface area contributed by atoms with Gasteiger partial charge in [-0.1, -0.05) is 12.1 Å². The van der Waals surface area contributed by atoms with Crippen molar-refractivity contribution in [3.05, 3.63) is 34.4 Å². The molecule has 0 bridgehead atoms. The summed E-state index contributed by atoms with van der Waals surface area (Å²) in [6.45, 7) is 0. The second-order valence-electron chi connectivity index (χ2n) is 1.75. The Morgan fingerprint density at radius 3 is 2.25 bits per heavy atom. The molecule has 1 N–H and O–H groups in total. The molecule has 0 amide bonds. The minimum atomic E-state index is -0.630. The zero-order chi connectivity index (χ0) is 9.56. The third-order valence-corrected chi connectivity index (χ3v) is 1.08. The first kappa shape index (κ1) is 11.6. The second-order valence-corrected chi connectivity index (χ2v) is 1.75. The summed E-state index contributed by atoms with van der Waals surface area (Å²) in [6.07, 6.45) is 0. The number of nitrogens with zero attached hydrogens (tertiary/aromatic N) is 1. The van der Waals surface area contributed by atoms with E-state index in [-0.39, 0.29) is 11.4 Å². The van der Waals surface area contributed by atoms with Gasteiger partial charge < -0.3 is 5.11 Å². The van der Waals surface area contributed by atoms with Crippen molar-refractivity contribution in [2.24, 2.45) is 0 Å². The van der Waals surface area contributed by atoms with Crippen LogP contribution in [0.4, 0.5) is 5.69 Å². The van der Waals surface area contributed by atoms with E-state index in [1.807, 2.05) is 0 Å². The van der Waals surface area contributed by atoms with Crippen LogP contribution in [0.5, 0.6) is 5.75 Å². The van der Waals surface area contributed by atoms with Crippen molar-refractivity contribution in [3.63, 3.8) is 0 Å². The van der Waals surface area contributed by atoms with Gasteiger partial charge in [0.25, 0.3) is 0 Å². The molecule has 0 saturated carbocycles. The van der Waals surface area contributed by atoms with Crippen molar-refractivity contribution in [1.29, 1.82) is 0 Å². The molecule has 1 rings (SSSR count). The molecule has 0 unspecified atom stereocenters. The summed E-state index contributed by atoms with van der Waals surface area (Å²) < 4.78 is 0. The van der Waals surface area contributed by atoms with E-state index in [0.29, 0.717) is 24.9 Å². The molecule has 0 aromatic heterocycles. The first-order chi connectivity index (χ1) is 5.72. The number of nitro groups is 1. The Bertz CT molecular complexity index is 269. The van der Waals surface area contributed by atoms with Crippen LogP contribution in [0.3, 0.4) is 0 Å². The summed E-state index contributed by atoms with van der Waals surface area (Å²) in [7, 11) is 4.83. The summed E-state index contributed by atoms with van der Waals surface area (Å²) in [5.41, 5.74) is -0.262. The molecule has 0 heterocycles. The van der Waals surface area contributed by atoms with E-state index in [0.717, 1.165) is 0 Å². The molecule has 6 heteroatoms. The van der Waals surface area contributed by atoms with Crippen LogP contribution in [-0.4, -0.2) is 10.0 Å². The predicted octanol–water partition coefficient (Wildman–Crippen LogP) is 1.99. The fourth-order valence-corrected chi connectivity index (χ4v) is 0.619. The Kier molecular flexibility index (Phi) is 6.01. The molecule has 0 aliphatic heterocycles. The maximum atomic E-state index is 10.1. The van der Waals surface area contributed by atoms with Gasteiger partial charge >= 0.3 is 38.8 Å². The average molecular weight is 375 g/mol. The Morgan fingerprint density at radius 2 is 1.92 bits per heavy atom. The second kappa shape index (κ2) is 6.19. The number of aromatic hydroxyl groups is 1. The molecule has 0 radical (unpaired) electrons. The van der Waals surface area contributed by atoms with Gasteiger partial charge in [-0.3, -0.25) is 10.1 Å².